The second kappa shape index (κ2) is 3.80. The van der Waals surface area contributed by atoms with Gasteiger partial charge in [0.2, 0.25) is 0 Å². The Morgan fingerprint density at radius 2 is 1.72 bits per heavy atom. The van der Waals surface area contributed by atoms with E-state index in [-0.39, 0.29) is 0 Å². The van der Waals surface area contributed by atoms with E-state index in [1.54, 1.807) is 0 Å². The maximum Gasteiger partial charge on any atom is 0.0542 e. The molecule has 2 heteroatoms. The lowest BCUT2D eigenvalue weighted by molar-refractivity contribution is -0.00526. The molecule has 4 bridgehead atoms. The van der Waals surface area contributed by atoms with Crippen molar-refractivity contribution in [1.29, 1.82) is 0 Å². The Bertz CT molecular complexity index is 431. The smallest absolute Gasteiger partial charge is 0.0542 e. The van der Waals surface area contributed by atoms with Crippen molar-refractivity contribution in [1.82, 2.24) is 4.98 Å². The monoisotopic (exact) mass is 242 g/mol. The van der Waals surface area contributed by atoms with Gasteiger partial charge in [0.1, 0.15) is 0 Å². The molecule has 0 atom stereocenters. The largest absolute Gasteiger partial charge is 0.325 e. The Morgan fingerprint density at radius 3 is 2.28 bits per heavy atom. The lowest BCUT2D eigenvalue weighted by Crippen LogP contribution is -2.48. The van der Waals surface area contributed by atoms with Crippen LogP contribution in [0.1, 0.15) is 49.8 Å². The molecular weight excluding hydrogens is 220 g/mol. The van der Waals surface area contributed by atoms with E-state index in [9.17, 15) is 0 Å². The van der Waals surface area contributed by atoms with Crippen molar-refractivity contribution >= 4 is 0 Å². The van der Waals surface area contributed by atoms with Crippen molar-refractivity contribution in [2.24, 2.45) is 23.5 Å². The minimum absolute atomic E-state index is 0.488. The highest BCUT2D eigenvalue weighted by atomic mass is 14.7. The molecule has 4 aliphatic carbocycles. The minimum atomic E-state index is 0.488. The van der Waals surface area contributed by atoms with Gasteiger partial charge in [-0.2, -0.15) is 0 Å². The summed E-state index contributed by atoms with van der Waals surface area (Å²) < 4.78 is 0. The molecule has 1 aromatic heterocycles. The van der Waals surface area contributed by atoms with Crippen LogP contribution in [0.25, 0.3) is 0 Å². The molecule has 2 N–H and O–H groups in total. The van der Waals surface area contributed by atoms with Gasteiger partial charge in [-0.1, -0.05) is 0 Å². The number of hydrogen-bond donors (Lipinski definition) is 1. The predicted molar refractivity (Wildman–Crippen MR) is 72.0 cm³/mol. The molecule has 0 unspecified atom stereocenters. The fourth-order valence-electron chi connectivity index (χ4n) is 5.38. The highest BCUT2D eigenvalue weighted by molar-refractivity contribution is 5.29. The third-order valence-corrected chi connectivity index (χ3v) is 5.68. The van der Waals surface area contributed by atoms with Crippen LogP contribution in [0.3, 0.4) is 0 Å². The summed E-state index contributed by atoms with van der Waals surface area (Å²) in [5.41, 5.74) is 8.83. The third-order valence-electron chi connectivity index (χ3n) is 5.68. The molecule has 0 spiro atoms. The molecule has 1 aromatic rings. The van der Waals surface area contributed by atoms with E-state index >= 15 is 0 Å². The van der Waals surface area contributed by atoms with E-state index in [1.165, 1.54) is 44.1 Å². The van der Waals surface area contributed by atoms with Crippen LogP contribution in [0, 0.1) is 17.8 Å². The first-order chi connectivity index (χ1) is 8.77. The number of nitrogens with zero attached hydrogens (tertiary/aromatic N) is 1. The third kappa shape index (κ3) is 1.55. The van der Waals surface area contributed by atoms with Gasteiger partial charge in [0.25, 0.3) is 0 Å². The summed E-state index contributed by atoms with van der Waals surface area (Å²) in [4.78, 5) is 4.36. The van der Waals surface area contributed by atoms with Gasteiger partial charge in [0.15, 0.2) is 0 Å². The first kappa shape index (κ1) is 11.0. The maximum absolute atomic E-state index is 5.75. The van der Waals surface area contributed by atoms with Gasteiger partial charge >= 0.3 is 0 Å². The van der Waals surface area contributed by atoms with Gasteiger partial charge in [-0.05, 0) is 79.4 Å². The van der Waals surface area contributed by atoms with Gasteiger partial charge in [0.05, 0.1) is 5.69 Å². The highest BCUT2D eigenvalue weighted by Crippen LogP contribution is 2.60. The van der Waals surface area contributed by atoms with Crippen LogP contribution in [0.5, 0.6) is 0 Å². The molecule has 0 radical (unpaired) electrons. The van der Waals surface area contributed by atoms with Gasteiger partial charge in [0, 0.05) is 12.7 Å². The lowest BCUT2D eigenvalue weighted by atomic mass is 9.48. The van der Waals surface area contributed by atoms with Crippen molar-refractivity contribution in [2.75, 3.05) is 0 Å². The van der Waals surface area contributed by atoms with Crippen molar-refractivity contribution < 1.29 is 0 Å². The fraction of sp³-hybridized carbons (Fsp3) is 0.688. The fourth-order valence-corrected chi connectivity index (χ4v) is 5.38. The van der Waals surface area contributed by atoms with Gasteiger partial charge in [-0.25, -0.2) is 0 Å². The van der Waals surface area contributed by atoms with E-state index < -0.39 is 0 Å². The average molecular weight is 242 g/mol. The molecular formula is C16H22N2. The highest BCUT2D eigenvalue weighted by Gasteiger charge is 2.51. The van der Waals surface area contributed by atoms with Gasteiger partial charge < -0.3 is 5.73 Å². The van der Waals surface area contributed by atoms with E-state index in [0.717, 1.165) is 23.4 Å². The zero-order chi connectivity index (χ0) is 12.2. The zero-order valence-electron chi connectivity index (χ0n) is 10.9. The summed E-state index contributed by atoms with van der Waals surface area (Å²) in [6, 6.07) is 4.54. The van der Waals surface area contributed by atoms with Gasteiger partial charge in [-0.15, -0.1) is 0 Å². The zero-order valence-corrected chi connectivity index (χ0v) is 10.9. The Labute approximate surface area is 109 Å². The summed E-state index contributed by atoms with van der Waals surface area (Å²) >= 11 is 0. The molecule has 0 saturated heterocycles. The number of pyridine rings is 1. The van der Waals surface area contributed by atoms with Crippen LogP contribution in [0.4, 0.5) is 0 Å². The van der Waals surface area contributed by atoms with Crippen molar-refractivity contribution in [3.63, 3.8) is 0 Å². The number of rotatable bonds is 2. The predicted octanol–water partition coefficient (Wildman–Crippen LogP) is 3.01. The van der Waals surface area contributed by atoms with Crippen LogP contribution >= 0.6 is 0 Å². The molecule has 96 valence electrons. The van der Waals surface area contributed by atoms with Crippen molar-refractivity contribution in [2.45, 2.75) is 50.5 Å². The molecule has 0 amide bonds. The lowest BCUT2D eigenvalue weighted by Gasteiger charge is -2.57. The summed E-state index contributed by atoms with van der Waals surface area (Å²) in [6.45, 7) is 0.570. The first-order valence-electron chi connectivity index (χ1n) is 7.43. The quantitative estimate of drug-likeness (QED) is 0.866. The normalized spacial score (nSPS) is 41.3. The molecule has 2 nitrogen and oxygen atoms in total. The second-order valence-electron chi connectivity index (χ2n) is 6.94. The second-order valence-corrected chi connectivity index (χ2v) is 6.94. The topological polar surface area (TPSA) is 38.9 Å². The Hall–Kier alpha value is -0.890. The SMILES string of the molecule is NCc1cc(C23CC4CC(CC(C4)C2)C3)ccn1. The van der Waals surface area contributed by atoms with Crippen LogP contribution < -0.4 is 5.73 Å². The summed E-state index contributed by atoms with van der Waals surface area (Å²) in [5, 5.41) is 0. The maximum atomic E-state index is 5.75. The van der Waals surface area contributed by atoms with Crippen LogP contribution in [-0.4, -0.2) is 4.98 Å². The van der Waals surface area contributed by atoms with E-state index in [2.05, 4.69) is 17.1 Å². The standard InChI is InChI=1S/C16H22N2/c17-10-15-6-14(1-2-18-15)16-7-11-3-12(8-16)5-13(4-11)9-16/h1-2,6,11-13H,3-5,7-10,17H2. The first-order valence-corrected chi connectivity index (χ1v) is 7.43. The molecule has 4 fully saturated rings. The molecule has 4 saturated carbocycles. The van der Waals surface area contributed by atoms with Crippen LogP contribution in [0.2, 0.25) is 0 Å². The molecule has 0 aliphatic heterocycles. The number of hydrogen-bond acceptors (Lipinski definition) is 2. The summed E-state index contributed by atoms with van der Waals surface area (Å²) in [5.74, 6) is 3.02. The van der Waals surface area contributed by atoms with Crippen molar-refractivity contribution in [3.8, 4) is 0 Å². The van der Waals surface area contributed by atoms with Crippen LogP contribution in [0.15, 0.2) is 18.3 Å². The van der Waals surface area contributed by atoms with E-state index in [4.69, 9.17) is 5.73 Å². The average Bonchev–Trinajstić information content (AvgIpc) is 2.37. The van der Waals surface area contributed by atoms with Crippen LogP contribution in [-0.2, 0) is 12.0 Å². The Kier molecular flexibility index (Phi) is 2.32. The molecule has 5 rings (SSSR count). The number of aromatic nitrogens is 1. The van der Waals surface area contributed by atoms with E-state index in [1.807, 2.05) is 6.20 Å². The Balaban J connectivity index is 1.74. The molecule has 4 aliphatic rings. The van der Waals surface area contributed by atoms with Gasteiger partial charge in [-0.3, -0.25) is 4.98 Å². The minimum Gasteiger partial charge on any atom is -0.325 e. The number of nitrogens with two attached hydrogens (primary N) is 1. The molecule has 0 aromatic carbocycles. The summed E-state index contributed by atoms with van der Waals surface area (Å²) in [6.07, 6.45) is 10.8. The van der Waals surface area contributed by atoms with E-state index in [0.29, 0.717) is 12.0 Å². The Morgan fingerprint density at radius 1 is 1.11 bits per heavy atom. The molecule has 1 heterocycles. The molecule has 18 heavy (non-hydrogen) atoms. The summed E-state index contributed by atoms with van der Waals surface area (Å²) in [7, 11) is 0. The van der Waals surface area contributed by atoms with Crippen molar-refractivity contribution in [3.05, 3.63) is 29.6 Å².